The molecule has 73 heavy (non-hydrogen) atoms. The highest BCUT2D eigenvalue weighted by molar-refractivity contribution is 5.96. The number of rotatable bonds is 35. The Morgan fingerprint density at radius 3 is 0.384 bits per heavy atom. The van der Waals surface area contributed by atoms with Crippen LogP contribution in [0.1, 0.15) is 0 Å². The van der Waals surface area contributed by atoms with E-state index in [2.05, 4.69) is 85.1 Å². The first-order valence-corrected chi connectivity index (χ1v) is 20.9. The quantitative estimate of drug-likeness (QED) is 0.0280. The van der Waals surface area contributed by atoms with Gasteiger partial charge in [-0.2, -0.15) is 0 Å². The third-order valence-electron chi connectivity index (χ3n) is 7.76. The molecule has 0 aliphatic rings. The molecule has 17 amide bonds. The van der Waals surface area contributed by atoms with Crippen LogP contribution in [0.2, 0.25) is 0 Å². The molecular weight excluding hydrogens is 989 g/mol. The molecule has 0 aromatic carbocycles. The van der Waals surface area contributed by atoms with Gasteiger partial charge in [-0.1, -0.05) is 0 Å². The number of hydrogen-bond donors (Lipinski definition) is 19. The Kier molecular flexibility index (Phi) is 32.4. The van der Waals surface area contributed by atoms with E-state index < -0.39 is 218 Å². The predicted octanol–water partition coefficient (Wildman–Crippen LogP) is -16.0. The van der Waals surface area contributed by atoms with Crippen molar-refractivity contribution in [2.45, 2.75) is 0 Å². The second kappa shape index (κ2) is 37.3. The van der Waals surface area contributed by atoms with E-state index in [1.54, 1.807) is 0 Å². The summed E-state index contributed by atoms with van der Waals surface area (Å²) in [6.07, 6.45) is 0. The van der Waals surface area contributed by atoms with Gasteiger partial charge in [-0.05, 0) is 0 Å². The second-order valence-electron chi connectivity index (χ2n) is 13.8. The van der Waals surface area contributed by atoms with Crippen molar-refractivity contribution in [1.82, 2.24) is 90.4 Å². The summed E-state index contributed by atoms with van der Waals surface area (Å²) in [6.45, 7) is -10.4. The Hall–Kier alpha value is -9.58. The molecule has 37 heteroatoms. The molecule has 0 radical (unpaired) electrons. The van der Waals surface area contributed by atoms with Crippen LogP contribution in [0.5, 0.6) is 0 Å². The summed E-state index contributed by atoms with van der Waals surface area (Å²) in [7, 11) is 0. The van der Waals surface area contributed by atoms with E-state index in [1.807, 2.05) is 5.32 Å². The number of hydrogen-bond acceptors (Lipinski definition) is 19. The molecular formula is C36H56N18O19. The van der Waals surface area contributed by atoms with Crippen molar-refractivity contribution in [2.75, 3.05) is 118 Å². The zero-order valence-electron chi connectivity index (χ0n) is 38.6. The van der Waals surface area contributed by atoms with Crippen molar-refractivity contribution in [3.8, 4) is 0 Å². The van der Waals surface area contributed by atoms with Crippen LogP contribution in [-0.2, 0) is 86.3 Å². The minimum Gasteiger partial charge on any atom is -0.480 e. The fourth-order valence-corrected chi connectivity index (χ4v) is 4.11. The third kappa shape index (κ3) is 38.0. The minimum absolute atomic E-state index is 0.331. The maximum absolute atomic E-state index is 12.0. The monoisotopic (exact) mass is 1040 g/mol. The Morgan fingerprint density at radius 1 is 0.192 bits per heavy atom. The van der Waals surface area contributed by atoms with Gasteiger partial charge in [0.1, 0.15) is 6.54 Å². The van der Waals surface area contributed by atoms with Gasteiger partial charge in [0.15, 0.2) is 0 Å². The summed E-state index contributed by atoms with van der Waals surface area (Å²) in [5, 5.41) is 44.9. The predicted molar refractivity (Wildman–Crippen MR) is 238 cm³/mol. The molecule has 0 aliphatic carbocycles. The van der Waals surface area contributed by atoms with Gasteiger partial charge in [0.05, 0.1) is 111 Å². The molecule has 0 saturated carbocycles. The van der Waals surface area contributed by atoms with Gasteiger partial charge in [-0.15, -0.1) is 0 Å². The molecule has 0 fully saturated rings. The van der Waals surface area contributed by atoms with Crippen molar-refractivity contribution < 1.29 is 91.4 Å². The van der Waals surface area contributed by atoms with Crippen molar-refractivity contribution >= 4 is 106 Å². The Morgan fingerprint density at radius 2 is 0.288 bits per heavy atom. The van der Waals surface area contributed by atoms with Gasteiger partial charge >= 0.3 is 5.97 Å². The number of carboxylic acid groups (broad SMARTS) is 1. The van der Waals surface area contributed by atoms with E-state index in [4.69, 9.17) is 10.8 Å². The molecule has 20 N–H and O–H groups in total. The molecule has 0 unspecified atom stereocenters. The molecule has 0 heterocycles. The number of carboxylic acids is 1. The first-order valence-electron chi connectivity index (χ1n) is 20.9. The lowest BCUT2D eigenvalue weighted by Gasteiger charge is -2.10. The number of nitrogens with two attached hydrogens (primary N) is 1. The Labute approximate surface area is 411 Å². The smallest absolute Gasteiger partial charge is 0.322 e. The first kappa shape index (κ1) is 63.4. The van der Waals surface area contributed by atoms with Gasteiger partial charge in [0.25, 0.3) is 0 Å². The standard InChI is InChI=1S/C36H56N18O19/c37-1-19(55)38-2-20(56)39-3-21(57)40-4-22(58)41-5-23(59)42-6-24(60)43-7-25(61)44-8-26(62)45-9-27(63)46-10-28(64)47-11-29(65)48-12-30(66)49-13-31(67)50-14-32(68)51-15-33(69)52-16-34(70)53-17-35(71)54-18-36(72)73/h1-18,37H2,(H,38,55)(H,39,56)(H,40,57)(H,41,58)(H,42,59)(H,43,60)(H,44,61)(H,45,62)(H,46,63)(H,47,64)(H,48,65)(H,49,66)(H,50,67)(H,51,68)(H,52,69)(H,53,70)(H,54,71)(H,72,73). The molecule has 37 nitrogen and oxygen atoms in total. The van der Waals surface area contributed by atoms with E-state index in [1.165, 1.54) is 0 Å². The van der Waals surface area contributed by atoms with E-state index in [0.29, 0.717) is 0 Å². The SMILES string of the molecule is NCC(=O)NCC(=O)NCC(=O)NCC(=O)NCC(=O)NCC(=O)NCC(=O)NCC(=O)NCC(=O)NCC(=O)NCC(=O)NCC(=O)NCC(=O)NCC(=O)NCC(=O)NCC(=O)NCC(=O)NCC(=O)O. The van der Waals surface area contributed by atoms with Crippen molar-refractivity contribution in [2.24, 2.45) is 5.73 Å². The lowest BCUT2D eigenvalue weighted by atomic mass is 10.4. The average molecular weight is 1040 g/mol. The molecule has 0 rings (SSSR count). The first-order chi connectivity index (χ1) is 34.5. The summed E-state index contributed by atoms with van der Waals surface area (Å²) in [6, 6.07) is 0. The maximum Gasteiger partial charge on any atom is 0.322 e. The highest BCUT2D eigenvalue weighted by Crippen LogP contribution is 1.78. The van der Waals surface area contributed by atoms with Gasteiger partial charge in [-0.25, -0.2) is 0 Å². The van der Waals surface area contributed by atoms with Crippen LogP contribution < -0.4 is 96.1 Å². The minimum atomic E-state index is -1.29. The van der Waals surface area contributed by atoms with Crippen molar-refractivity contribution in [1.29, 1.82) is 0 Å². The zero-order valence-corrected chi connectivity index (χ0v) is 38.6. The van der Waals surface area contributed by atoms with Crippen LogP contribution in [0.3, 0.4) is 0 Å². The summed E-state index contributed by atoms with van der Waals surface area (Å²) in [5.41, 5.74) is 5.07. The number of amides is 17. The molecule has 404 valence electrons. The van der Waals surface area contributed by atoms with Crippen LogP contribution in [0.4, 0.5) is 0 Å². The van der Waals surface area contributed by atoms with E-state index in [9.17, 15) is 86.3 Å². The number of aliphatic carboxylic acids is 1. The van der Waals surface area contributed by atoms with Gasteiger partial charge in [0.2, 0.25) is 100 Å². The van der Waals surface area contributed by atoms with Gasteiger partial charge in [0, 0.05) is 0 Å². The third-order valence-corrected chi connectivity index (χ3v) is 7.76. The Bertz CT molecular complexity index is 2090. The second-order valence-corrected chi connectivity index (χ2v) is 13.8. The normalized spacial score (nSPS) is 9.82. The summed E-state index contributed by atoms with van der Waals surface area (Å²) in [4.78, 5) is 211. The highest BCUT2D eigenvalue weighted by Gasteiger charge is 2.16. The molecule has 0 bridgehead atoms. The van der Waals surface area contributed by atoms with Crippen LogP contribution in [0, 0.1) is 0 Å². The van der Waals surface area contributed by atoms with Crippen molar-refractivity contribution in [3.63, 3.8) is 0 Å². The van der Waals surface area contributed by atoms with E-state index in [0.717, 1.165) is 0 Å². The maximum atomic E-state index is 12.0. The van der Waals surface area contributed by atoms with Crippen molar-refractivity contribution in [3.05, 3.63) is 0 Å². The van der Waals surface area contributed by atoms with E-state index >= 15 is 0 Å². The molecule has 0 aromatic rings. The van der Waals surface area contributed by atoms with Crippen LogP contribution >= 0.6 is 0 Å². The fourth-order valence-electron chi connectivity index (χ4n) is 4.11. The average Bonchev–Trinajstić information content (AvgIpc) is 3.36. The summed E-state index contributed by atoms with van der Waals surface area (Å²) < 4.78 is 0. The van der Waals surface area contributed by atoms with Crippen LogP contribution in [-0.4, -0.2) is 229 Å². The van der Waals surface area contributed by atoms with Crippen LogP contribution in [0.15, 0.2) is 0 Å². The van der Waals surface area contributed by atoms with Gasteiger partial charge in [-0.3, -0.25) is 86.3 Å². The Balaban J connectivity index is 4.05. The van der Waals surface area contributed by atoms with Gasteiger partial charge < -0.3 is 101 Å². The number of nitrogens with one attached hydrogen (secondary N) is 17. The topological polar surface area (TPSA) is 558 Å². The molecule has 0 aromatic heterocycles. The number of carbonyl (C=O) groups excluding carboxylic acids is 17. The van der Waals surface area contributed by atoms with E-state index in [-0.39, 0.29) is 6.54 Å². The highest BCUT2D eigenvalue weighted by atomic mass is 16.4. The summed E-state index contributed by atoms with van der Waals surface area (Å²) >= 11 is 0. The largest absolute Gasteiger partial charge is 0.480 e. The lowest BCUT2D eigenvalue weighted by Crippen LogP contribution is -2.48. The zero-order chi connectivity index (χ0) is 55.1. The molecule has 0 atom stereocenters. The van der Waals surface area contributed by atoms with Crippen LogP contribution in [0.25, 0.3) is 0 Å². The summed E-state index contributed by atoms with van der Waals surface area (Å²) in [5.74, 6) is -14.9. The molecule has 0 saturated heterocycles. The molecule has 0 aliphatic heterocycles. The lowest BCUT2D eigenvalue weighted by molar-refractivity contribution is -0.138. The number of carbonyl (C=O) groups is 18. The molecule has 0 spiro atoms. The fraction of sp³-hybridized carbons (Fsp3) is 0.500.